The van der Waals surface area contributed by atoms with Crippen LogP contribution in [0.5, 0.6) is 0 Å². The molecule has 0 unspecified atom stereocenters. The summed E-state index contributed by atoms with van der Waals surface area (Å²) in [6, 6.07) is 0. The van der Waals surface area contributed by atoms with Crippen molar-refractivity contribution in [1.82, 2.24) is 0 Å². The van der Waals surface area contributed by atoms with E-state index in [1.807, 2.05) is 0 Å². The molecular formula is C16H22O4. The Morgan fingerprint density at radius 1 is 0.900 bits per heavy atom. The lowest BCUT2D eigenvalue weighted by molar-refractivity contribution is -0.306. The molecule has 4 nitrogen and oxygen atoms in total. The van der Waals surface area contributed by atoms with Crippen molar-refractivity contribution in [3.05, 3.63) is 0 Å². The quantitative estimate of drug-likeness (QED) is 0.639. The maximum Gasteiger partial charge on any atom is 0.315 e. The first-order valence-corrected chi connectivity index (χ1v) is 7.84. The molecular weight excluding hydrogens is 256 g/mol. The Kier molecular flexibility index (Phi) is 2.39. The second-order valence-electron chi connectivity index (χ2n) is 7.95. The summed E-state index contributed by atoms with van der Waals surface area (Å²) in [5, 5.41) is 0. The molecule has 0 aromatic rings. The van der Waals surface area contributed by atoms with Crippen molar-refractivity contribution in [2.75, 3.05) is 0 Å². The third kappa shape index (κ3) is 1.60. The van der Waals surface area contributed by atoms with E-state index < -0.39 is 11.2 Å². The van der Waals surface area contributed by atoms with Gasteiger partial charge in [0.1, 0.15) is 0 Å². The predicted octanol–water partition coefficient (Wildman–Crippen LogP) is 2.66. The van der Waals surface area contributed by atoms with Gasteiger partial charge in [-0.05, 0) is 57.8 Å². The molecule has 1 spiro atoms. The van der Waals surface area contributed by atoms with Gasteiger partial charge in [0.05, 0.1) is 11.8 Å². The van der Waals surface area contributed by atoms with Crippen LogP contribution < -0.4 is 0 Å². The molecule has 0 amide bonds. The lowest BCUT2D eigenvalue weighted by atomic mass is 9.53. The zero-order chi connectivity index (χ0) is 14.1. The molecule has 110 valence electrons. The normalized spacial score (nSPS) is 48.9. The lowest BCUT2D eigenvalue weighted by Gasteiger charge is -2.58. The van der Waals surface area contributed by atoms with E-state index in [4.69, 9.17) is 9.47 Å². The van der Waals surface area contributed by atoms with E-state index >= 15 is 0 Å². The Labute approximate surface area is 119 Å². The Bertz CT molecular complexity index is 451. The highest BCUT2D eigenvalue weighted by Crippen LogP contribution is 2.61. The van der Waals surface area contributed by atoms with E-state index in [0.717, 1.165) is 37.5 Å². The summed E-state index contributed by atoms with van der Waals surface area (Å²) >= 11 is 0. The van der Waals surface area contributed by atoms with E-state index in [0.29, 0.717) is 0 Å². The number of ether oxygens (including phenoxy) is 2. The fourth-order valence-electron chi connectivity index (χ4n) is 5.13. The van der Waals surface area contributed by atoms with Crippen LogP contribution in [-0.2, 0) is 19.1 Å². The van der Waals surface area contributed by atoms with Crippen LogP contribution in [-0.4, -0.2) is 17.7 Å². The molecule has 4 aliphatic carbocycles. The summed E-state index contributed by atoms with van der Waals surface area (Å²) in [6.07, 6.45) is 5.64. The molecule has 5 aliphatic rings. The van der Waals surface area contributed by atoms with Crippen molar-refractivity contribution in [2.45, 2.75) is 58.2 Å². The molecule has 1 saturated heterocycles. The Morgan fingerprint density at radius 2 is 1.45 bits per heavy atom. The first-order chi connectivity index (χ1) is 9.39. The monoisotopic (exact) mass is 278 g/mol. The summed E-state index contributed by atoms with van der Waals surface area (Å²) in [5.74, 6) is 0.467. The molecule has 5 fully saturated rings. The molecule has 5 rings (SSSR count). The predicted molar refractivity (Wildman–Crippen MR) is 70.4 cm³/mol. The van der Waals surface area contributed by atoms with Crippen LogP contribution in [0.3, 0.4) is 0 Å². The minimum atomic E-state index is -0.935. The molecule has 0 atom stereocenters. The molecule has 1 heterocycles. The molecule has 1 aliphatic heterocycles. The summed E-state index contributed by atoms with van der Waals surface area (Å²) in [4.78, 5) is 24.6. The third-order valence-electron chi connectivity index (χ3n) is 5.94. The largest absolute Gasteiger partial charge is 0.422 e. The van der Waals surface area contributed by atoms with Crippen molar-refractivity contribution in [1.29, 1.82) is 0 Å². The summed E-state index contributed by atoms with van der Waals surface area (Å²) in [5.41, 5.74) is -0.769. The highest BCUT2D eigenvalue weighted by atomic mass is 16.7. The van der Waals surface area contributed by atoms with E-state index in [1.165, 1.54) is 6.42 Å². The highest BCUT2D eigenvalue weighted by molar-refractivity contribution is 5.84. The Balaban J connectivity index is 1.73. The van der Waals surface area contributed by atoms with Crippen LogP contribution >= 0.6 is 0 Å². The highest BCUT2D eigenvalue weighted by Gasteiger charge is 2.64. The van der Waals surface area contributed by atoms with E-state index in [9.17, 15) is 9.59 Å². The van der Waals surface area contributed by atoms with Crippen molar-refractivity contribution >= 4 is 11.9 Å². The topological polar surface area (TPSA) is 52.6 Å². The number of carbonyl (C=O) groups is 2. The average molecular weight is 278 g/mol. The maximum atomic E-state index is 12.4. The van der Waals surface area contributed by atoms with E-state index in [-0.39, 0.29) is 30.2 Å². The summed E-state index contributed by atoms with van der Waals surface area (Å²) in [6.45, 7) is 3.54. The number of rotatable bonds is 0. The van der Waals surface area contributed by atoms with Crippen LogP contribution in [0.25, 0.3) is 0 Å². The van der Waals surface area contributed by atoms with Crippen molar-refractivity contribution in [2.24, 2.45) is 29.1 Å². The Morgan fingerprint density at radius 3 is 2.00 bits per heavy atom. The molecule has 0 radical (unpaired) electrons. The molecule has 4 bridgehead atoms. The third-order valence-corrected chi connectivity index (χ3v) is 5.94. The van der Waals surface area contributed by atoms with Gasteiger partial charge in [0, 0.05) is 11.8 Å². The second-order valence-corrected chi connectivity index (χ2v) is 7.95. The van der Waals surface area contributed by atoms with Gasteiger partial charge in [0.15, 0.2) is 0 Å². The minimum absolute atomic E-state index is 0.125. The number of esters is 2. The standard InChI is InChI=1S/C16H22O4/c1-15(2)8-13(17)19-16(20-14(15)18)11-4-9-3-10(6-11)7-12(16)5-9/h9-12H,3-8H2,1-2H3. The number of hydrogen-bond acceptors (Lipinski definition) is 4. The summed E-state index contributed by atoms with van der Waals surface area (Å²) < 4.78 is 11.7. The van der Waals surface area contributed by atoms with Crippen LogP contribution in [0.4, 0.5) is 0 Å². The fourth-order valence-corrected chi connectivity index (χ4v) is 5.13. The van der Waals surface area contributed by atoms with Gasteiger partial charge in [-0.2, -0.15) is 0 Å². The van der Waals surface area contributed by atoms with Gasteiger partial charge in [-0.15, -0.1) is 0 Å². The molecule has 20 heavy (non-hydrogen) atoms. The molecule has 0 N–H and O–H groups in total. The Hall–Kier alpha value is -1.06. The molecule has 4 heteroatoms. The fraction of sp³-hybridized carbons (Fsp3) is 0.875. The van der Waals surface area contributed by atoms with Crippen LogP contribution in [0.2, 0.25) is 0 Å². The lowest BCUT2D eigenvalue weighted by Crippen LogP contribution is -2.61. The number of carbonyl (C=O) groups excluding carboxylic acids is 2. The van der Waals surface area contributed by atoms with E-state index in [2.05, 4.69) is 0 Å². The molecule has 4 saturated carbocycles. The van der Waals surface area contributed by atoms with Crippen molar-refractivity contribution in [3.8, 4) is 0 Å². The maximum absolute atomic E-state index is 12.4. The van der Waals surface area contributed by atoms with Gasteiger partial charge in [-0.25, -0.2) is 0 Å². The smallest absolute Gasteiger partial charge is 0.315 e. The second kappa shape index (κ2) is 3.77. The zero-order valence-corrected chi connectivity index (χ0v) is 12.2. The van der Waals surface area contributed by atoms with Crippen LogP contribution in [0, 0.1) is 29.1 Å². The molecule has 0 aromatic heterocycles. The SMILES string of the molecule is CC1(C)CC(=O)OC2(OC1=O)C1CC3CC(C1)CC2C3. The van der Waals surface area contributed by atoms with Gasteiger partial charge in [-0.1, -0.05) is 0 Å². The van der Waals surface area contributed by atoms with Crippen molar-refractivity contribution in [3.63, 3.8) is 0 Å². The first-order valence-electron chi connectivity index (χ1n) is 7.84. The van der Waals surface area contributed by atoms with Gasteiger partial charge >= 0.3 is 11.9 Å². The van der Waals surface area contributed by atoms with Gasteiger partial charge in [0.2, 0.25) is 0 Å². The van der Waals surface area contributed by atoms with Gasteiger partial charge in [-0.3, -0.25) is 9.59 Å². The van der Waals surface area contributed by atoms with Crippen LogP contribution in [0.15, 0.2) is 0 Å². The number of hydrogen-bond donors (Lipinski definition) is 0. The van der Waals surface area contributed by atoms with E-state index in [1.54, 1.807) is 13.8 Å². The molecule has 0 aromatic carbocycles. The zero-order valence-electron chi connectivity index (χ0n) is 12.2. The van der Waals surface area contributed by atoms with Crippen LogP contribution in [0.1, 0.15) is 52.4 Å². The van der Waals surface area contributed by atoms with Gasteiger partial charge < -0.3 is 9.47 Å². The minimum Gasteiger partial charge on any atom is -0.422 e. The van der Waals surface area contributed by atoms with Gasteiger partial charge in [0.25, 0.3) is 5.79 Å². The van der Waals surface area contributed by atoms with Crippen molar-refractivity contribution < 1.29 is 19.1 Å². The summed E-state index contributed by atoms with van der Waals surface area (Å²) in [7, 11) is 0. The first kappa shape index (κ1) is 12.7. The average Bonchev–Trinajstić information content (AvgIpc) is 2.41.